The molecule has 0 bridgehead atoms. The van der Waals surface area contributed by atoms with Crippen molar-refractivity contribution in [1.82, 2.24) is 0 Å². The van der Waals surface area contributed by atoms with Gasteiger partial charge in [0.15, 0.2) is 5.78 Å². The quantitative estimate of drug-likeness (QED) is 0.371. The zero-order valence-electron chi connectivity index (χ0n) is 6.56. The molecule has 2 nitrogen and oxygen atoms in total. The molecule has 0 amide bonds. The van der Waals surface area contributed by atoms with Gasteiger partial charge in [-0.2, -0.15) is 0 Å². The Labute approximate surface area is 81.8 Å². The monoisotopic (exact) mass is 202 g/mol. The minimum absolute atomic E-state index is 0.0139. The van der Waals surface area contributed by atoms with Gasteiger partial charge in [-0.3, -0.25) is 4.79 Å². The third-order valence-electron chi connectivity index (χ3n) is 1.27. The van der Waals surface area contributed by atoms with E-state index in [-0.39, 0.29) is 11.5 Å². The number of benzene rings is 1. The fourth-order valence-corrected chi connectivity index (χ4v) is 0.696. The minimum Gasteiger partial charge on any atom is -0.508 e. The SMILES string of the molecule is CC(=O)c1ccc(O)cc1.SS. The van der Waals surface area contributed by atoms with Gasteiger partial charge in [-0.15, -0.1) is 23.3 Å². The van der Waals surface area contributed by atoms with Gasteiger partial charge in [-0.1, -0.05) is 0 Å². The van der Waals surface area contributed by atoms with E-state index in [1.807, 2.05) is 0 Å². The summed E-state index contributed by atoms with van der Waals surface area (Å²) in [5.41, 5.74) is 0.623. The molecule has 0 saturated carbocycles. The van der Waals surface area contributed by atoms with E-state index in [0.717, 1.165) is 0 Å². The number of aromatic hydroxyl groups is 1. The Hall–Kier alpha value is -0.610. The number of carbonyl (C=O) groups is 1. The lowest BCUT2D eigenvalue weighted by Gasteiger charge is -1.93. The molecule has 0 aliphatic rings. The molecule has 0 fully saturated rings. The molecule has 0 spiro atoms. The molecule has 0 heterocycles. The van der Waals surface area contributed by atoms with Gasteiger partial charge in [0.1, 0.15) is 5.75 Å². The Kier molecular flexibility index (Phi) is 5.66. The van der Waals surface area contributed by atoms with Crippen LogP contribution in [0.3, 0.4) is 0 Å². The lowest BCUT2D eigenvalue weighted by molar-refractivity contribution is 0.101. The number of rotatable bonds is 1. The molecule has 0 atom stereocenters. The highest BCUT2D eigenvalue weighted by Crippen LogP contribution is 2.09. The maximum absolute atomic E-state index is 10.7. The summed E-state index contributed by atoms with van der Waals surface area (Å²) < 4.78 is 0. The molecule has 1 aromatic carbocycles. The standard InChI is InChI=1S/C8H8O2.H2S2/c1-6(9)7-2-4-8(10)5-3-7;1-2/h2-5,10H,1H3;1-2H. The van der Waals surface area contributed by atoms with E-state index in [0.29, 0.717) is 5.56 Å². The van der Waals surface area contributed by atoms with Crippen molar-refractivity contribution in [2.45, 2.75) is 6.92 Å². The van der Waals surface area contributed by atoms with Crippen LogP contribution in [0.5, 0.6) is 5.75 Å². The molecular formula is C8H10O2S2. The van der Waals surface area contributed by atoms with Gasteiger partial charge in [0.2, 0.25) is 0 Å². The van der Waals surface area contributed by atoms with Crippen molar-refractivity contribution in [3.05, 3.63) is 29.8 Å². The van der Waals surface area contributed by atoms with Crippen molar-refractivity contribution in [3.8, 4) is 5.75 Å². The third-order valence-corrected chi connectivity index (χ3v) is 1.27. The maximum atomic E-state index is 10.7. The number of thiol groups is 2. The normalized spacial score (nSPS) is 8.25. The Morgan fingerprint density at radius 3 is 2.00 bits per heavy atom. The zero-order valence-corrected chi connectivity index (χ0v) is 8.35. The van der Waals surface area contributed by atoms with Crippen LogP contribution in [0, 0.1) is 0 Å². The van der Waals surface area contributed by atoms with Crippen molar-refractivity contribution in [1.29, 1.82) is 0 Å². The van der Waals surface area contributed by atoms with Crippen LogP contribution in [-0.2, 0) is 0 Å². The van der Waals surface area contributed by atoms with Gasteiger partial charge in [0.25, 0.3) is 0 Å². The molecule has 0 aromatic heterocycles. The molecule has 0 saturated heterocycles. The zero-order chi connectivity index (χ0) is 9.56. The van der Waals surface area contributed by atoms with E-state index in [1.54, 1.807) is 12.1 Å². The van der Waals surface area contributed by atoms with Crippen LogP contribution < -0.4 is 0 Å². The van der Waals surface area contributed by atoms with Gasteiger partial charge >= 0.3 is 0 Å². The second-order valence-electron chi connectivity index (χ2n) is 2.10. The largest absolute Gasteiger partial charge is 0.508 e. The minimum atomic E-state index is 0.0139. The average Bonchev–Trinajstić information content (AvgIpc) is 2.09. The average molecular weight is 202 g/mol. The predicted octanol–water partition coefficient (Wildman–Crippen LogP) is 2.36. The van der Waals surface area contributed by atoms with E-state index >= 15 is 0 Å². The summed E-state index contributed by atoms with van der Waals surface area (Å²) in [6.07, 6.45) is 0. The molecule has 1 aromatic rings. The second-order valence-corrected chi connectivity index (χ2v) is 2.10. The Morgan fingerprint density at radius 2 is 1.67 bits per heavy atom. The summed E-state index contributed by atoms with van der Waals surface area (Å²) in [6, 6.07) is 6.18. The second kappa shape index (κ2) is 5.97. The fourth-order valence-electron chi connectivity index (χ4n) is 0.696. The van der Waals surface area contributed by atoms with E-state index in [4.69, 9.17) is 5.11 Å². The van der Waals surface area contributed by atoms with Gasteiger partial charge in [-0.25, -0.2) is 0 Å². The Balaban J connectivity index is 0.000000561. The van der Waals surface area contributed by atoms with Crippen molar-refractivity contribution in [2.24, 2.45) is 0 Å². The van der Waals surface area contributed by atoms with Crippen LogP contribution in [0.25, 0.3) is 0 Å². The number of hydrogen-bond donors (Lipinski definition) is 3. The van der Waals surface area contributed by atoms with Crippen molar-refractivity contribution < 1.29 is 9.90 Å². The first-order valence-electron chi connectivity index (χ1n) is 3.20. The summed E-state index contributed by atoms with van der Waals surface area (Å²) in [6.45, 7) is 1.49. The first-order chi connectivity index (χ1) is 5.70. The molecule has 0 unspecified atom stereocenters. The summed E-state index contributed by atoms with van der Waals surface area (Å²) in [7, 11) is 0. The predicted molar refractivity (Wildman–Crippen MR) is 56.1 cm³/mol. The van der Waals surface area contributed by atoms with Gasteiger partial charge in [-0.05, 0) is 31.2 Å². The molecule has 4 heteroatoms. The summed E-state index contributed by atoms with van der Waals surface area (Å²) in [5.74, 6) is 0.199. The number of ketones is 1. The highest BCUT2D eigenvalue weighted by molar-refractivity contribution is 8.59. The van der Waals surface area contributed by atoms with Gasteiger partial charge < -0.3 is 5.11 Å². The molecule has 0 radical (unpaired) electrons. The number of carbonyl (C=O) groups excluding carboxylic acids is 1. The highest BCUT2D eigenvalue weighted by Gasteiger charge is 1.96. The first kappa shape index (κ1) is 11.4. The summed E-state index contributed by atoms with van der Waals surface area (Å²) >= 11 is 6.44. The molecule has 1 rings (SSSR count). The van der Waals surface area contributed by atoms with Crippen LogP contribution in [0.2, 0.25) is 0 Å². The third kappa shape index (κ3) is 3.69. The molecule has 1 N–H and O–H groups in total. The van der Waals surface area contributed by atoms with Crippen LogP contribution in [0.1, 0.15) is 17.3 Å². The van der Waals surface area contributed by atoms with Crippen molar-refractivity contribution in [3.63, 3.8) is 0 Å². The highest BCUT2D eigenvalue weighted by atomic mass is 33.1. The van der Waals surface area contributed by atoms with Crippen LogP contribution in [0.4, 0.5) is 0 Å². The Morgan fingerprint density at radius 1 is 1.25 bits per heavy atom. The van der Waals surface area contributed by atoms with Gasteiger partial charge in [0, 0.05) is 5.56 Å². The van der Waals surface area contributed by atoms with Crippen molar-refractivity contribution in [2.75, 3.05) is 0 Å². The van der Waals surface area contributed by atoms with Gasteiger partial charge in [0.05, 0.1) is 0 Å². The molecule has 12 heavy (non-hydrogen) atoms. The number of hydrogen-bond acceptors (Lipinski definition) is 4. The van der Waals surface area contributed by atoms with Crippen LogP contribution >= 0.6 is 23.3 Å². The Bertz CT molecular complexity index is 244. The number of phenols is 1. The van der Waals surface area contributed by atoms with E-state index in [9.17, 15) is 4.79 Å². The first-order valence-corrected chi connectivity index (χ1v) is 4.80. The maximum Gasteiger partial charge on any atom is 0.159 e. The molecule has 0 aliphatic carbocycles. The van der Waals surface area contributed by atoms with Crippen molar-refractivity contribution >= 4 is 29.1 Å². The summed E-state index contributed by atoms with van der Waals surface area (Å²) in [5, 5.41) is 8.83. The van der Waals surface area contributed by atoms with E-state index in [2.05, 4.69) is 23.3 Å². The van der Waals surface area contributed by atoms with E-state index < -0.39 is 0 Å². The van der Waals surface area contributed by atoms with E-state index in [1.165, 1.54) is 19.1 Å². The lowest BCUT2D eigenvalue weighted by Crippen LogP contribution is -1.89. The molecule has 0 aliphatic heterocycles. The smallest absolute Gasteiger partial charge is 0.159 e. The summed E-state index contributed by atoms with van der Waals surface area (Å²) in [4.78, 5) is 10.7. The lowest BCUT2D eigenvalue weighted by atomic mass is 10.1. The molecule has 66 valence electrons. The molecular weight excluding hydrogens is 192 g/mol. The number of Topliss-reactive ketones (excluding diaryl/α,β-unsaturated/α-hetero) is 1. The van der Waals surface area contributed by atoms with Crippen LogP contribution in [0.15, 0.2) is 24.3 Å². The topological polar surface area (TPSA) is 37.3 Å². The fraction of sp³-hybridized carbons (Fsp3) is 0.125. The number of phenolic OH excluding ortho intramolecular Hbond substituents is 1. The van der Waals surface area contributed by atoms with Crippen LogP contribution in [-0.4, -0.2) is 10.9 Å².